The fourth-order valence-corrected chi connectivity index (χ4v) is 2.75. The van der Waals surface area contributed by atoms with Crippen molar-refractivity contribution in [3.63, 3.8) is 0 Å². The number of carbonyl (C=O) groups excluding carboxylic acids is 2. The van der Waals surface area contributed by atoms with Crippen molar-refractivity contribution in [1.29, 1.82) is 0 Å². The van der Waals surface area contributed by atoms with Crippen molar-refractivity contribution < 1.29 is 14.3 Å². The number of amides is 1. The fourth-order valence-electron chi connectivity index (χ4n) is 2.21. The first-order chi connectivity index (χ1) is 11.7. The molecular formula is C17H15N3O3S. The molecule has 0 atom stereocenters. The van der Waals surface area contributed by atoms with Crippen LogP contribution >= 0.6 is 11.5 Å². The zero-order valence-electron chi connectivity index (χ0n) is 13.0. The molecule has 0 bridgehead atoms. The lowest BCUT2D eigenvalue weighted by atomic mass is 10.1. The number of aromatic nitrogens is 2. The highest BCUT2D eigenvalue weighted by atomic mass is 32.1. The number of nitrogens with one attached hydrogen (secondary N) is 1. The molecule has 1 heterocycles. The van der Waals surface area contributed by atoms with Crippen LogP contribution in [-0.4, -0.2) is 28.1 Å². The van der Waals surface area contributed by atoms with Crippen molar-refractivity contribution in [3.05, 3.63) is 53.6 Å². The Hall–Kier alpha value is -2.80. The summed E-state index contributed by atoms with van der Waals surface area (Å²) in [7, 11) is 0. The first kappa shape index (κ1) is 16.1. The molecule has 0 radical (unpaired) electrons. The summed E-state index contributed by atoms with van der Waals surface area (Å²) < 4.78 is 9.70. The molecule has 1 aromatic heterocycles. The minimum Gasteiger partial charge on any atom is -0.466 e. The molecular weight excluding hydrogens is 326 g/mol. The van der Waals surface area contributed by atoms with Gasteiger partial charge in [0, 0.05) is 11.3 Å². The van der Waals surface area contributed by atoms with E-state index in [9.17, 15) is 9.59 Å². The minimum atomic E-state index is -0.264. The highest BCUT2D eigenvalue weighted by molar-refractivity contribution is 7.12. The van der Waals surface area contributed by atoms with Gasteiger partial charge in [-0.05, 0) is 54.4 Å². The topological polar surface area (TPSA) is 81.2 Å². The van der Waals surface area contributed by atoms with E-state index in [0.29, 0.717) is 23.4 Å². The summed E-state index contributed by atoms with van der Waals surface area (Å²) in [5.41, 5.74) is 2.72. The van der Waals surface area contributed by atoms with E-state index in [1.54, 1.807) is 43.3 Å². The molecule has 0 saturated carbocycles. The van der Waals surface area contributed by atoms with Crippen LogP contribution in [-0.2, 0) is 16.0 Å². The second-order valence-corrected chi connectivity index (χ2v) is 5.87. The summed E-state index contributed by atoms with van der Waals surface area (Å²) in [5, 5.41) is 6.79. The number of hydrogen-bond acceptors (Lipinski definition) is 6. The largest absolute Gasteiger partial charge is 0.466 e. The van der Waals surface area contributed by atoms with E-state index in [1.807, 2.05) is 6.07 Å². The third-order valence-electron chi connectivity index (χ3n) is 3.37. The standard InChI is InChI=1S/C17H15N3O3S/c1-2-23-16(21)9-11-3-6-13(7-4-11)18-17(22)12-5-8-15-14(10-12)19-20-24-15/h3-8,10H,2,9H2,1H3,(H,18,22). The maximum Gasteiger partial charge on any atom is 0.310 e. The van der Waals surface area contributed by atoms with Crippen LogP contribution in [0.25, 0.3) is 10.2 Å². The molecule has 1 N–H and O–H groups in total. The molecule has 3 rings (SSSR count). The zero-order valence-corrected chi connectivity index (χ0v) is 13.8. The summed E-state index contributed by atoms with van der Waals surface area (Å²) in [6.07, 6.45) is 0.218. The molecule has 1 amide bonds. The molecule has 0 aliphatic carbocycles. The number of ether oxygens (including phenoxy) is 1. The Morgan fingerprint density at radius 1 is 1.17 bits per heavy atom. The van der Waals surface area contributed by atoms with Gasteiger partial charge in [-0.15, -0.1) is 5.10 Å². The Morgan fingerprint density at radius 2 is 1.96 bits per heavy atom. The zero-order chi connectivity index (χ0) is 16.9. The van der Waals surface area contributed by atoms with Crippen LogP contribution in [0.1, 0.15) is 22.8 Å². The lowest BCUT2D eigenvalue weighted by molar-refractivity contribution is -0.142. The number of esters is 1. The Bertz CT molecular complexity index is 874. The Kier molecular flexibility index (Phi) is 4.81. The fraction of sp³-hybridized carbons (Fsp3) is 0.176. The van der Waals surface area contributed by atoms with Crippen molar-refractivity contribution in [2.24, 2.45) is 0 Å². The number of hydrogen-bond donors (Lipinski definition) is 1. The van der Waals surface area contributed by atoms with Gasteiger partial charge < -0.3 is 10.1 Å². The molecule has 122 valence electrons. The van der Waals surface area contributed by atoms with Gasteiger partial charge in [0.2, 0.25) is 0 Å². The van der Waals surface area contributed by atoms with Crippen molar-refractivity contribution >= 4 is 39.3 Å². The minimum absolute atomic E-state index is 0.218. The van der Waals surface area contributed by atoms with Crippen LogP contribution in [0.3, 0.4) is 0 Å². The van der Waals surface area contributed by atoms with Crippen LogP contribution in [0.4, 0.5) is 5.69 Å². The van der Waals surface area contributed by atoms with Crippen molar-refractivity contribution in [2.75, 3.05) is 11.9 Å². The number of rotatable bonds is 5. The summed E-state index contributed by atoms with van der Waals surface area (Å²) in [6, 6.07) is 12.4. The molecule has 2 aromatic carbocycles. The molecule has 6 nitrogen and oxygen atoms in total. The van der Waals surface area contributed by atoms with Crippen molar-refractivity contribution in [1.82, 2.24) is 9.59 Å². The van der Waals surface area contributed by atoms with E-state index in [4.69, 9.17) is 4.74 Å². The monoisotopic (exact) mass is 341 g/mol. The van der Waals surface area contributed by atoms with Gasteiger partial charge in [0.1, 0.15) is 5.52 Å². The average Bonchev–Trinajstić information content (AvgIpc) is 3.04. The molecule has 0 unspecified atom stereocenters. The molecule has 24 heavy (non-hydrogen) atoms. The Morgan fingerprint density at radius 3 is 2.71 bits per heavy atom. The van der Waals surface area contributed by atoms with Crippen LogP contribution in [0.5, 0.6) is 0 Å². The van der Waals surface area contributed by atoms with E-state index in [1.165, 1.54) is 11.5 Å². The highest BCUT2D eigenvalue weighted by Gasteiger charge is 2.09. The van der Waals surface area contributed by atoms with Gasteiger partial charge >= 0.3 is 5.97 Å². The maximum atomic E-state index is 12.3. The van der Waals surface area contributed by atoms with Gasteiger partial charge in [-0.3, -0.25) is 9.59 Å². The highest BCUT2D eigenvalue weighted by Crippen LogP contribution is 2.18. The third kappa shape index (κ3) is 3.75. The first-order valence-electron chi connectivity index (χ1n) is 7.43. The first-order valence-corrected chi connectivity index (χ1v) is 8.21. The predicted molar refractivity (Wildman–Crippen MR) is 92.1 cm³/mol. The predicted octanol–water partition coefficient (Wildman–Crippen LogP) is 3.05. The molecule has 0 fully saturated rings. The average molecular weight is 341 g/mol. The lowest BCUT2D eigenvalue weighted by Gasteiger charge is -2.07. The molecule has 0 aliphatic heterocycles. The molecule has 3 aromatic rings. The molecule has 0 spiro atoms. The Balaban J connectivity index is 1.66. The SMILES string of the molecule is CCOC(=O)Cc1ccc(NC(=O)c2ccc3snnc3c2)cc1. The van der Waals surface area contributed by atoms with Gasteiger partial charge in [-0.2, -0.15) is 0 Å². The quantitative estimate of drug-likeness (QED) is 0.721. The number of nitrogens with zero attached hydrogens (tertiary/aromatic N) is 2. The van der Waals surface area contributed by atoms with Crippen molar-refractivity contribution in [3.8, 4) is 0 Å². The van der Waals surface area contributed by atoms with E-state index in [2.05, 4.69) is 14.9 Å². The van der Waals surface area contributed by atoms with Gasteiger partial charge in [0.05, 0.1) is 17.7 Å². The van der Waals surface area contributed by atoms with E-state index in [-0.39, 0.29) is 18.3 Å². The maximum absolute atomic E-state index is 12.3. The summed E-state index contributed by atoms with van der Waals surface area (Å²) >= 11 is 1.29. The van der Waals surface area contributed by atoms with Crippen molar-refractivity contribution in [2.45, 2.75) is 13.3 Å². The third-order valence-corrected chi connectivity index (χ3v) is 4.08. The Labute approximate surface area is 142 Å². The van der Waals surface area contributed by atoms with E-state index >= 15 is 0 Å². The second kappa shape index (κ2) is 7.18. The van der Waals surface area contributed by atoms with Crippen LogP contribution in [0.15, 0.2) is 42.5 Å². The summed E-state index contributed by atoms with van der Waals surface area (Å²) in [6.45, 7) is 2.14. The van der Waals surface area contributed by atoms with E-state index < -0.39 is 0 Å². The number of fused-ring (bicyclic) bond motifs is 1. The molecule has 0 aliphatic rings. The van der Waals surface area contributed by atoms with Gasteiger partial charge in [-0.1, -0.05) is 16.6 Å². The smallest absolute Gasteiger partial charge is 0.310 e. The van der Waals surface area contributed by atoms with Gasteiger partial charge in [0.15, 0.2) is 0 Å². The summed E-state index contributed by atoms with van der Waals surface area (Å²) in [5.74, 6) is -0.484. The van der Waals surface area contributed by atoms with Crippen LogP contribution in [0.2, 0.25) is 0 Å². The van der Waals surface area contributed by atoms with Gasteiger partial charge in [-0.25, -0.2) is 0 Å². The normalized spacial score (nSPS) is 10.5. The molecule has 0 saturated heterocycles. The van der Waals surface area contributed by atoms with Crippen LogP contribution < -0.4 is 5.32 Å². The number of anilines is 1. The summed E-state index contributed by atoms with van der Waals surface area (Å²) in [4.78, 5) is 23.7. The number of benzene rings is 2. The van der Waals surface area contributed by atoms with Crippen LogP contribution in [0, 0.1) is 0 Å². The van der Waals surface area contributed by atoms with Gasteiger partial charge in [0.25, 0.3) is 5.91 Å². The number of carbonyl (C=O) groups is 2. The molecule has 7 heteroatoms. The second-order valence-electron chi connectivity index (χ2n) is 5.09. The van der Waals surface area contributed by atoms with E-state index in [0.717, 1.165) is 10.3 Å². The lowest BCUT2D eigenvalue weighted by Crippen LogP contribution is -2.12.